The van der Waals surface area contributed by atoms with Crippen molar-refractivity contribution in [3.05, 3.63) is 71.6 Å². The summed E-state index contributed by atoms with van der Waals surface area (Å²) in [6.07, 6.45) is 1.73. The molecule has 0 aliphatic rings. The van der Waals surface area contributed by atoms with Crippen molar-refractivity contribution in [2.45, 2.75) is 32.1 Å². The van der Waals surface area contributed by atoms with Gasteiger partial charge < -0.3 is 10.3 Å². The molecule has 27 heavy (non-hydrogen) atoms. The second-order valence-electron chi connectivity index (χ2n) is 6.31. The average molecular weight is 382 g/mol. The van der Waals surface area contributed by atoms with Crippen molar-refractivity contribution in [2.24, 2.45) is 0 Å². The summed E-state index contributed by atoms with van der Waals surface area (Å²) < 4.78 is 3.91. The molecule has 0 unspecified atom stereocenters. The number of anilines is 1. The van der Waals surface area contributed by atoms with Gasteiger partial charge in [-0.2, -0.15) is 0 Å². The minimum atomic E-state index is 0.0686. The highest BCUT2D eigenvalue weighted by Crippen LogP contribution is 2.23. The van der Waals surface area contributed by atoms with E-state index in [4.69, 9.17) is 5.73 Å². The van der Waals surface area contributed by atoms with Crippen LogP contribution in [-0.2, 0) is 13.1 Å². The average Bonchev–Trinajstić information content (AvgIpc) is 3.15. The highest BCUT2D eigenvalue weighted by atomic mass is 32.2. The molecule has 7 heteroatoms. The van der Waals surface area contributed by atoms with E-state index in [1.165, 1.54) is 17.3 Å². The van der Waals surface area contributed by atoms with Crippen LogP contribution in [0.3, 0.4) is 0 Å². The van der Waals surface area contributed by atoms with Gasteiger partial charge in [-0.1, -0.05) is 48.2 Å². The standard InChI is InChI=1S/C20H23N5OS/c1-4-10-24-19(21)22-23-20(24)27-13-18(26)17-11-14(2)25(15(17)3)12-16-8-6-5-7-9-16/h4-9,11H,1,10,12-13H2,2-3H3,(H2,21,22). The molecule has 3 rings (SSSR count). The van der Waals surface area contributed by atoms with Gasteiger partial charge in [-0.25, -0.2) is 0 Å². The first kappa shape index (κ1) is 19.0. The molecule has 0 saturated carbocycles. The van der Waals surface area contributed by atoms with Crippen LogP contribution >= 0.6 is 11.8 Å². The predicted octanol–water partition coefficient (Wildman–Crippen LogP) is 3.49. The predicted molar refractivity (Wildman–Crippen MR) is 109 cm³/mol. The van der Waals surface area contributed by atoms with Gasteiger partial charge in [-0.05, 0) is 25.5 Å². The molecule has 0 amide bonds. The Morgan fingerprint density at radius 2 is 1.96 bits per heavy atom. The van der Waals surface area contributed by atoms with Crippen molar-refractivity contribution < 1.29 is 4.79 Å². The molecule has 0 atom stereocenters. The third kappa shape index (κ3) is 4.14. The minimum Gasteiger partial charge on any atom is -0.368 e. The lowest BCUT2D eigenvalue weighted by Crippen LogP contribution is -2.08. The summed E-state index contributed by atoms with van der Waals surface area (Å²) in [6, 6.07) is 12.2. The molecule has 0 spiro atoms. The van der Waals surface area contributed by atoms with E-state index in [0.717, 1.165) is 23.5 Å². The number of ketones is 1. The number of nitrogen functional groups attached to an aromatic ring is 1. The van der Waals surface area contributed by atoms with Crippen molar-refractivity contribution in [2.75, 3.05) is 11.5 Å². The van der Waals surface area contributed by atoms with E-state index in [2.05, 4.69) is 33.5 Å². The number of carbonyl (C=O) groups excluding carboxylic acids is 1. The fraction of sp³-hybridized carbons (Fsp3) is 0.250. The van der Waals surface area contributed by atoms with Crippen LogP contribution in [0.5, 0.6) is 0 Å². The van der Waals surface area contributed by atoms with E-state index in [0.29, 0.717) is 17.6 Å². The van der Waals surface area contributed by atoms with Crippen LogP contribution in [-0.4, -0.2) is 30.9 Å². The number of thioether (sulfide) groups is 1. The largest absolute Gasteiger partial charge is 0.368 e. The number of nitrogens with zero attached hydrogens (tertiary/aromatic N) is 4. The highest BCUT2D eigenvalue weighted by Gasteiger charge is 2.18. The first-order valence-electron chi connectivity index (χ1n) is 8.67. The number of nitrogens with two attached hydrogens (primary N) is 1. The molecule has 140 valence electrons. The lowest BCUT2D eigenvalue weighted by Gasteiger charge is -2.10. The van der Waals surface area contributed by atoms with Crippen LogP contribution in [0.4, 0.5) is 5.95 Å². The molecular weight excluding hydrogens is 358 g/mol. The lowest BCUT2D eigenvalue weighted by atomic mass is 10.2. The topological polar surface area (TPSA) is 78.7 Å². The zero-order valence-electron chi connectivity index (χ0n) is 15.6. The van der Waals surface area contributed by atoms with E-state index in [1.54, 1.807) is 10.6 Å². The number of carbonyl (C=O) groups is 1. The summed E-state index contributed by atoms with van der Waals surface area (Å²) in [5.41, 5.74) is 9.82. The fourth-order valence-corrected chi connectivity index (χ4v) is 3.85. The van der Waals surface area contributed by atoms with Crippen molar-refractivity contribution >= 4 is 23.5 Å². The SMILES string of the molecule is C=CCn1c(N)nnc1SCC(=O)c1cc(C)n(Cc2ccccc2)c1C. The Hall–Kier alpha value is -2.80. The van der Waals surface area contributed by atoms with Gasteiger partial charge >= 0.3 is 0 Å². The van der Waals surface area contributed by atoms with Gasteiger partial charge in [0.2, 0.25) is 5.95 Å². The van der Waals surface area contributed by atoms with Gasteiger partial charge in [0, 0.05) is 30.0 Å². The number of Topliss-reactive ketones (excluding diaryl/α,β-unsaturated/α-hetero) is 1. The molecule has 0 aliphatic heterocycles. The van der Waals surface area contributed by atoms with Crippen LogP contribution in [0.15, 0.2) is 54.2 Å². The maximum Gasteiger partial charge on any atom is 0.222 e. The number of aryl methyl sites for hydroxylation is 1. The number of aromatic nitrogens is 4. The highest BCUT2D eigenvalue weighted by molar-refractivity contribution is 7.99. The maximum absolute atomic E-state index is 12.8. The molecule has 0 aliphatic carbocycles. The van der Waals surface area contributed by atoms with Crippen molar-refractivity contribution in [3.8, 4) is 0 Å². The second kappa shape index (κ2) is 8.26. The maximum atomic E-state index is 12.8. The quantitative estimate of drug-likeness (QED) is 0.367. The summed E-state index contributed by atoms with van der Waals surface area (Å²) in [6.45, 7) is 9.00. The van der Waals surface area contributed by atoms with E-state index in [1.807, 2.05) is 38.1 Å². The normalized spacial score (nSPS) is 10.9. The molecule has 1 aromatic carbocycles. The summed E-state index contributed by atoms with van der Waals surface area (Å²) in [4.78, 5) is 12.8. The van der Waals surface area contributed by atoms with Crippen LogP contribution < -0.4 is 5.73 Å². The number of hydrogen-bond acceptors (Lipinski definition) is 5. The third-order valence-corrected chi connectivity index (χ3v) is 5.41. The number of benzene rings is 1. The Labute approximate surface area is 163 Å². The molecule has 3 aromatic rings. The van der Waals surface area contributed by atoms with Crippen LogP contribution in [0.1, 0.15) is 27.3 Å². The first-order valence-corrected chi connectivity index (χ1v) is 9.66. The van der Waals surface area contributed by atoms with E-state index in [-0.39, 0.29) is 11.5 Å². The van der Waals surface area contributed by atoms with Crippen molar-refractivity contribution in [1.82, 2.24) is 19.3 Å². The fourth-order valence-electron chi connectivity index (χ4n) is 3.01. The zero-order valence-corrected chi connectivity index (χ0v) is 16.4. The third-order valence-electron chi connectivity index (χ3n) is 4.45. The van der Waals surface area contributed by atoms with E-state index >= 15 is 0 Å². The summed E-state index contributed by atoms with van der Waals surface area (Å²) >= 11 is 1.34. The Balaban J connectivity index is 1.74. The van der Waals surface area contributed by atoms with E-state index in [9.17, 15) is 4.79 Å². The van der Waals surface area contributed by atoms with Gasteiger partial charge in [-0.15, -0.1) is 16.8 Å². The monoisotopic (exact) mass is 381 g/mol. The van der Waals surface area contributed by atoms with Gasteiger partial charge in [0.1, 0.15) is 0 Å². The zero-order chi connectivity index (χ0) is 19.4. The Bertz CT molecular complexity index is 958. The number of hydrogen-bond donors (Lipinski definition) is 1. The summed E-state index contributed by atoms with van der Waals surface area (Å²) in [5, 5.41) is 8.55. The molecule has 0 saturated heterocycles. The van der Waals surface area contributed by atoms with Gasteiger partial charge in [0.05, 0.1) is 5.75 Å². The molecule has 0 radical (unpaired) electrons. The first-order chi connectivity index (χ1) is 13.0. The molecular formula is C20H23N5OS. The molecule has 2 N–H and O–H groups in total. The Morgan fingerprint density at radius 1 is 1.22 bits per heavy atom. The Kier molecular flexibility index (Phi) is 5.81. The van der Waals surface area contributed by atoms with Crippen molar-refractivity contribution in [3.63, 3.8) is 0 Å². The minimum absolute atomic E-state index is 0.0686. The van der Waals surface area contributed by atoms with Crippen LogP contribution in [0.2, 0.25) is 0 Å². The molecule has 6 nitrogen and oxygen atoms in total. The van der Waals surface area contributed by atoms with Crippen LogP contribution in [0.25, 0.3) is 0 Å². The van der Waals surface area contributed by atoms with Gasteiger partial charge in [0.15, 0.2) is 10.9 Å². The molecule has 0 bridgehead atoms. The summed E-state index contributed by atoms with van der Waals surface area (Å²) in [7, 11) is 0. The van der Waals surface area contributed by atoms with Gasteiger partial charge in [-0.3, -0.25) is 9.36 Å². The van der Waals surface area contributed by atoms with Crippen LogP contribution in [0, 0.1) is 13.8 Å². The molecule has 0 fully saturated rings. The number of allylic oxidation sites excluding steroid dienone is 1. The second-order valence-corrected chi connectivity index (χ2v) is 7.25. The number of rotatable bonds is 8. The molecule has 2 heterocycles. The summed E-state index contributed by atoms with van der Waals surface area (Å²) in [5.74, 6) is 0.676. The Morgan fingerprint density at radius 3 is 2.67 bits per heavy atom. The smallest absolute Gasteiger partial charge is 0.222 e. The lowest BCUT2D eigenvalue weighted by molar-refractivity contribution is 0.102. The van der Waals surface area contributed by atoms with Gasteiger partial charge in [0.25, 0.3) is 0 Å². The molecule has 2 aromatic heterocycles. The van der Waals surface area contributed by atoms with E-state index < -0.39 is 0 Å². The van der Waals surface area contributed by atoms with Crippen molar-refractivity contribution in [1.29, 1.82) is 0 Å².